The van der Waals surface area contributed by atoms with E-state index in [9.17, 15) is 14.7 Å². The molecule has 1 saturated heterocycles. The number of nitrogens with zero attached hydrogens (tertiary/aromatic N) is 1. The van der Waals surface area contributed by atoms with Crippen molar-refractivity contribution < 1.29 is 52.6 Å². The number of carbonyl (C=O) groups excluding carboxylic acids is 2. The third-order valence-corrected chi connectivity index (χ3v) is 10.1. The fourth-order valence-corrected chi connectivity index (χ4v) is 7.78. The molecule has 4 rings (SSSR count). The summed E-state index contributed by atoms with van der Waals surface area (Å²) in [7, 11) is 7.68. The summed E-state index contributed by atoms with van der Waals surface area (Å²) >= 11 is 0. The van der Waals surface area contributed by atoms with E-state index < -0.39 is 39.9 Å². The van der Waals surface area contributed by atoms with Gasteiger partial charge < -0.3 is 38.3 Å². The number of carboxylic acid groups (broad SMARTS) is 1. The van der Waals surface area contributed by atoms with Gasteiger partial charge in [0.15, 0.2) is 29.6 Å². The zero-order chi connectivity index (χ0) is 39.8. The molecule has 12 nitrogen and oxygen atoms in total. The molecule has 1 heterocycles. The van der Waals surface area contributed by atoms with E-state index in [1.165, 1.54) is 21.3 Å². The maximum atomic E-state index is 15.6. The highest BCUT2D eigenvalue weighted by Crippen LogP contribution is 2.47. The monoisotopic (exact) mass is 750 g/mol. The standard InChI is InChI=1S/C42H55NO11/c1-11-32(29-22-35(50-8)39(52-10)36(23-29)51-9)40(45)43(30-15-12-16-31(24-30)53-25-37(44)54-42(3,4)5)19-13-14-28(38(43)41(46)47)20-26(2)27-17-18-33(48-6)34(21-27)49-7/h12,15-18,21-24,26,28,32,38H,11,13-14,19-20,25H2,1-10H3/p+1/t26-,28?,32-,38?,43?/m0/s1. The van der Waals surface area contributed by atoms with Crippen molar-refractivity contribution in [2.75, 3.05) is 48.7 Å². The number of likely N-dealkylation sites (tertiary alicyclic amines) is 1. The molecule has 12 heteroatoms. The van der Waals surface area contributed by atoms with Crippen LogP contribution in [0.3, 0.4) is 0 Å². The summed E-state index contributed by atoms with van der Waals surface area (Å²) in [5, 5.41) is 11.2. The van der Waals surface area contributed by atoms with Gasteiger partial charge in [-0.1, -0.05) is 26.0 Å². The topological polar surface area (TPSA) is 136 Å². The SMILES string of the molecule is CC[C@H](C(=O)[N+]1(c2cccc(OCC(=O)OC(C)(C)C)c2)CCCC(C[C@H](C)c2ccc(OC)c(OC)c2)C1C(=O)O)c1cc(OC)c(OC)c(OC)c1. The molecule has 1 fully saturated rings. The molecule has 1 N–H and O–H groups in total. The normalized spacial score (nSPS) is 19.5. The maximum absolute atomic E-state index is 15.6. The summed E-state index contributed by atoms with van der Waals surface area (Å²) in [6.45, 7) is 9.16. The molecule has 54 heavy (non-hydrogen) atoms. The number of quaternary nitrogens is 1. The Kier molecular flexibility index (Phi) is 13.9. The van der Waals surface area contributed by atoms with Crippen LogP contribution in [0, 0.1) is 5.92 Å². The predicted molar refractivity (Wildman–Crippen MR) is 205 cm³/mol. The van der Waals surface area contributed by atoms with Crippen molar-refractivity contribution in [1.82, 2.24) is 4.48 Å². The lowest BCUT2D eigenvalue weighted by Gasteiger charge is -2.48. The highest BCUT2D eigenvalue weighted by molar-refractivity contribution is 5.99. The molecular weight excluding hydrogens is 694 g/mol. The van der Waals surface area contributed by atoms with E-state index in [2.05, 4.69) is 6.92 Å². The molecule has 0 spiro atoms. The Bertz CT molecular complexity index is 1760. The molecule has 3 aromatic rings. The van der Waals surface area contributed by atoms with Gasteiger partial charge in [-0.2, -0.15) is 0 Å². The van der Waals surface area contributed by atoms with Crippen molar-refractivity contribution in [3.63, 3.8) is 0 Å². The average Bonchev–Trinajstić information content (AvgIpc) is 3.15. The molecular formula is C42H56NO11+. The lowest BCUT2D eigenvalue weighted by molar-refractivity contribution is -0.157. The van der Waals surface area contributed by atoms with Crippen molar-refractivity contribution in [2.24, 2.45) is 5.92 Å². The van der Waals surface area contributed by atoms with Gasteiger partial charge in [-0.3, -0.25) is 0 Å². The fraction of sp³-hybridized carbons (Fsp3) is 0.500. The van der Waals surface area contributed by atoms with E-state index in [1.807, 2.05) is 25.1 Å². The predicted octanol–water partition coefficient (Wildman–Crippen LogP) is 7.53. The van der Waals surface area contributed by atoms with E-state index in [1.54, 1.807) is 71.4 Å². The summed E-state index contributed by atoms with van der Waals surface area (Å²) in [6, 6.07) is 14.9. The van der Waals surface area contributed by atoms with Crippen LogP contribution in [-0.2, 0) is 19.1 Å². The second-order valence-electron chi connectivity index (χ2n) is 14.7. The van der Waals surface area contributed by atoms with Gasteiger partial charge in [0.25, 0.3) is 0 Å². The van der Waals surface area contributed by atoms with Crippen molar-refractivity contribution in [2.45, 2.75) is 83.8 Å². The number of piperidine rings is 1. The van der Waals surface area contributed by atoms with E-state index in [4.69, 9.17) is 33.2 Å². The van der Waals surface area contributed by atoms with Gasteiger partial charge in [0.2, 0.25) is 11.8 Å². The van der Waals surface area contributed by atoms with Crippen molar-refractivity contribution in [3.05, 3.63) is 65.7 Å². The number of benzene rings is 3. The lowest BCUT2D eigenvalue weighted by atomic mass is 9.77. The second-order valence-corrected chi connectivity index (χ2v) is 14.7. The zero-order valence-electron chi connectivity index (χ0n) is 33.2. The third-order valence-electron chi connectivity index (χ3n) is 10.1. The molecule has 0 aromatic heterocycles. The van der Waals surface area contributed by atoms with E-state index in [-0.39, 0.29) is 25.0 Å². The average molecular weight is 751 g/mol. The summed E-state index contributed by atoms with van der Waals surface area (Å²) < 4.78 is 38.7. The molecule has 0 bridgehead atoms. The minimum absolute atomic E-state index is 0.0765. The molecule has 3 aromatic carbocycles. The molecule has 1 amide bonds. The number of carboxylic acids is 1. The van der Waals surface area contributed by atoms with Crippen LogP contribution < -0.4 is 32.9 Å². The molecule has 3 unspecified atom stereocenters. The number of methoxy groups -OCH3 is 5. The first-order chi connectivity index (χ1) is 25.7. The minimum atomic E-state index is -1.15. The van der Waals surface area contributed by atoms with Gasteiger partial charge in [0.05, 0.1) is 48.0 Å². The number of carbonyl (C=O) groups is 3. The first-order valence-electron chi connectivity index (χ1n) is 18.3. The first kappa shape index (κ1) is 41.8. The van der Waals surface area contributed by atoms with Gasteiger partial charge in [0, 0.05) is 12.0 Å². The van der Waals surface area contributed by atoms with Gasteiger partial charge in [-0.15, -0.1) is 0 Å². The summed E-state index contributed by atoms with van der Waals surface area (Å²) in [4.78, 5) is 41.9. The highest BCUT2D eigenvalue weighted by atomic mass is 16.6. The van der Waals surface area contributed by atoms with Gasteiger partial charge in [-0.05, 0) is 99.9 Å². The molecule has 0 aliphatic carbocycles. The van der Waals surface area contributed by atoms with E-state index >= 15 is 4.79 Å². The number of esters is 1. The molecule has 1 aliphatic rings. The van der Waals surface area contributed by atoms with Crippen LogP contribution in [-0.4, -0.2) is 83.3 Å². The zero-order valence-corrected chi connectivity index (χ0v) is 33.2. The lowest BCUT2D eigenvalue weighted by Crippen LogP contribution is -2.69. The number of hydrogen-bond acceptors (Lipinski definition) is 10. The number of aliphatic carboxylic acids is 1. The van der Waals surface area contributed by atoms with E-state index in [0.717, 1.165) is 5.56 Å². The van der Waals surface area contributed by atoms with Crippen LogP contribution in [0.25, 0.3) is 0 Å². The van der Waals surface area contributed by atoms with Crippen LogP contribution in [0.1, 0.15) is 83.3 Å². The Morgan fingerprint density at radius 2 is 1.46 bits per heavy atom. The Morgan fingerprint density at radius 3 is 2.02 bits per heavy atom. The van der Waals surface area contributed by atoms with Gasteiger partial charge in [0.1, 0.15) is 17.0 Å². The van der Waals surface area contributed by atoms with Crippen LogP contribution in [0.5, 0.6) is 34.5 Å². The molecule has 1 aliphatic heterocycles. The van der Waals surface area contributed by atoms with Crippen LogP contribution in [0.4, 0.5) is 5.69 Å². The molecule has 0 radical (unpaired) electrons. The summed E-state index contributed by atoms with van der Waals surface area (Å²) in [5.41, 5.74) is 1.34. The second kappa shape index (κ2) is 17.9. The van der Waals surface area contributed by atoms with Gasteiger partial charge in [-0.25, -0.2) is 18.9 Å². The van der Waals surface area contributed by atoms with Crippen molar-refractivity contribution in [3.8, 4) is 34.5 Å². The smallest absolute Gasteiger partial charge is 0.363 e. The first-order valence-corrected chi connectivity index (χ1v) is 18.3. The number of rotatable bonds is 16. The van der Waals surface area contributed by atoms with Crippen LogP contribution in [0.2, 0.25) is 0 Å². The van der Waals surface area contributed by atoms with Gasteiger partial charge >= 0.3 is 17.8 Å². The Hall–Kier alpha value is -4.97. The largest absolute Gasteiger partial charge is 0.493 e. The van der Waals surface area contributed by atoms with Crippen molar-refractivity contribution >= 4 is 23.5 Å². The van der Waals surface area contributed by atoms with Crippen molar-refractivity contribution in [1.29, 1.82) is 0 Å². The summed E-state index contributed by atoms with van der Waals surface area (Å²) in [5.74, 6) is -0.485. The Balaban J connectivity index is 1.87. The number of ether oxygens (including phenoxy) is 7. The molecule has 294 valence electrons. The third kappa shape index (κ3) is 9.03. The quantitative estimate of drug-likeness (QED) is 0.115. The Morgan fingerprint density at radius 1 is 0.833 bits per heavy atom. The number of hydrogen-bond donors (Lipinski definition) is 1. The highest BCUT2D eigenvalue weighted by Gasteiger charge is 2.57. The maximum Gasteiger partial charge on any atom is 0.363 e. The fourth-order valence-electron chi connectivity index (χ4n) is 7.78. The number of amides is 1. The Labute approximate surface area is 318 Å². The van der Waals surface area contributed by atoms with Crippen LogP contribution in [0.15, 0.2) is 54.6 Å². The minimum Gasteiger partial charge on any atom is -0.493 e. The van der Waals surface area contributed by atoms with Crippen LogP contribution >= 0.6 is 0 Å². The summed E-state index contributed by atoms with van der Waals surface area (Å²) in [6.07, 6.45) is 2.06. The molecule has 0 saturated carbocycles. The van der Waals surface area contributed by atoms with E-state index in [0.29, 0.717) is 71.4 Å². The molecule has 5 atom stereocenters.